The molecule has 0 radical (unpaired) electrons. The van der Waals surface area contributed by atoms with E-state index in [4.69, 9.17) is 9.47 Å². The normalized spacial score (nSPS) is 16.3. The van der Waals surface area contributed by atoms with Crippen molar-refractivity contribution in [3.05, 3.63) is 251 Å². The molecule has 4 heterocycles. The van der Waals surface area contributed by atoms with Crippen molar-refractivity contribution in [2.75, 3.05) is 0 Å². The highest BCUT2D eigenvalue weighted by Crippen LogP contribution is 2.60. The molecule has 0 spiro atoms. The van der Waals surface area contributed by atoms with E-state index in [1.165, 1.54) is 0 Å². The van der Waals surface area contributed by atoms with Gasteiger partial charge >= 0.3 is 0 Å². The summed E-state index contributed by atoms with van der Waals surface area (Å²) in [5.41, 5.74) is 14.4. The van der Waals surface area contributed by atoms with Crippen molar-refractivity contribution in [2.45, 2.75) is 260 Å². The Morgan fingerprint density at radius 3 is 0.714 bits per heavy atom. The zero-order valence-corrected chi connectivity index (χ0v) is 63.1. The first-order chi connectivity index (χ1) is 45.1. The molecule has 0 amide bonds. The molecule has 0 unspecified atom stereocenters. The quantitative estimate of drug-likeness (QED) is 0.128. The minimum absolute atomic E-state index is 0.0822. The molecule has 0 fully saturated rings. The van der Waals surface area contributed by atoms with Crippen molar-refractivity contribution in [3.63, 3.8) is 0 Å². The van der Waals surface area contributed by atoms with Crippen molar-refractivity contribution >= 4 is 0 Å². The van der Waals surface area contributed by atoms with Gasteiger partial charge in [0, 0.05) is 83.7 Å². The molecule has 8 nitrogen and oxygen atoms in total. The predicted molar refractivity (Wildman–Crippen MR) is 401 cm³/mol. The van der Waals surface area contributed by atoms with Gasteiger partial charge in [-0.05, 0) is 143 Å². The number of benzene rings is 6. The average molecular weight is 1320 g/mol. The average Bonchev–Trinajstić information content (AvgIpc) is 1.20. The molecule has 4 aliphatic rings. The lowest BCUT2D eigenvalue weighted by molar-refractivity contribution is 0.403. The summed E-state index contributed by atoms with van der Waals surface area (Å²) in [6.07, 6.45) is 1.11. The third-order valence-corrected chi connectivity index (χ3v) is 21.6. The molecule has 12 rings (SSSR count). The van der Waals surface area contributed by atoms with Gasteiger partial charge in [-0.3, -0.25) is 9.59 Å². The van der Waals surface area contributed by atoms with E-state index < -0.39 is 33.5 Å². The van der Waals surface area contributed by atoms with Crippen LogP contribution in [0.4, 0.5) is 0 Å². The summed E-state index contributed by atoms with van der Waals surface area (Å²) in [6, 6.07) is 34.0. The first-order valence-corrected chi connectivity index (χ1v) is 35.6. The fraction of sp³-hybridized carbons (Fsp3) is 0.444. The summed E-state index contributed by atoms with van der Waals surface area (Å²) in [5, 5.41) is 52.0. The lowest BCUT2D eigenvalue weighted by Crippen LogP contribution is -2.28. The predicted octanol–water partition coefficient (Wildman–Crippen LogP) is 21.0. The lowest BCUT2D eigenvalue weighted by Gasteiger charge is -2.39. The van der Waals surface area contributed by atoms with Crippen molar-refractivity contribution in [1.82, 2.24) is 0 Å². The molecule has 4 N–H and O–H groups in total. The Labute approximate surface area is 583 Å². The largest absolute Gasteiger partial charge is 0.507 e. The summed E-state index contributed by atoms with van der Waals surface area (Å²) in [6.45, 7) is 52.1. The summed E-state index contributed by atoms with van der Waals surface area (Å²) < 4.78 is 15.3. The fourth-order valence-corrected chi connectivity index (χ4v) is 15.5. The van der Waals surface area contributed by atoms with Crippen LogP contribution in [-0.4, -0.2) is 20.4 Å². The lowest BCUT2D eigenvalue weighted by atomic mass is 9.68. The minimum atomic E-state index is -0.755. The molecule has 8 aromatic carbocycles. The van der Waals surface area contributed by atoms with Gasteiger partial charge in [0.2, 0.25) is 10.9 Å². The summed E-state index contributed by atoms with van der Waals surface area (Å²) >= 11 is 0. The summed E-state index contributed by atoms with van der Waals surface area (Å²) in [5.74, 6) is 0.269. The second-order valence-electron chi connectivity index (χ2n) is 37.6. The van der Waals surface area contributed by atoms with Crippen LogP contribution in [0, 0.1) is 0 Å². The molecule has 2 atom stereocenters. The Bertz CT molecular complexity index is 4480. The Hall–Kier alpha value is -8.10. The van der Waals surface area contributed by atoms with Crippen LogP contribution < -0.4 is 20.3 Å². The Morgan fingerprint density at radius 2 is 0.480 bits per heavy atom. The third-order valence-electron chi connectivity index (χ3n) is 21.6. The van der Waals surface area contributed by atoms with Crippen molar-refractivity contribution in [1.29, 1.82) is 0 Å². The highest BCUT2D eigenvalue weighted by Gasteiger charge is 2.46. The molecular weight excluding hydrogens is 1210 g/mol. The monoisotopic (exact) mass is 1310 g/mol. The van der Waals surface area contributed by atoms with Gasteiger partial charge in [-0.15, -0.1) is 0 Å². The first-order valence-electron chi connectivity index (χ1n) is 35.6. The molecule has 4 aliphatic heterocycles. The van der Waals surface area contributed by atoms with Gasteiger partial charge in [-0.25, -0.2) is 0 Å². The molecule has 8 heteroatoms. The maximum atomic E-state index is 17.1. The van der Waals surface area contributed by atoms with Crippen LogP contribution in [0.3, 0.4) is 0 Å². The van der Waals surface area contributed by atoms with Gasteiger partial charge in [0.25, 0.3) is 0 Å². The van der Waals surface area contributed by atoms with E-state index in [1.54, 1.807) is 0 Å². The van der Waals surface area contributed by atoms with Gasteiger partial charge in [-0.1, -0.05) is 263 Å². The molecule has 98 heavy (non-hydrogen) atoms. The molecule has 514 valence electrons. The van der Waals surface area contributed by atoms with Gasteiger partial charge in [0.15, 0.2) is 11.5 Å². The minimum Gasteiger partial charge on any atom is -0.507 e. The van der Waals surface area contributed by atoms with Crippen molar-refractivity contribution in [3.8, 4) is 46.0 Å². The van der Waals surface area contributed by atoms with E-state index in [1.807, 2.05) is 0 Å². The Morgan fingerprint density at radius 1 is 0.265 bits per heavy atom. The topological polar surface area (TPSA) is 134 Å². The highest BCUT2D eigenvalue weighted by molar-refractivity contribution is 5.70. The number of fused-ring (bicyclic) bond motifs is 10. The van der Waals surface area contributed by atoms with Crippen LogP contribution in [0.15, 0.2) is 107 Å². The number of hydrogen-bond acceptors (Lipinski definition) is 8. The zero-order valence-electron chi connectivity index (χ0n) is 63.1. The zero-order chi connectivity index (χ0) is 71.8. The standard InChI is InChI=1S/C90H106O8/c1-83(2,3)57-33-47-29-49-35-59(85(7,8)9)39-53(75(49)93)43-65-69(89(19,20)21)27-25-63-71(67-45-61(87(13,14)15)41-55(31-51(37-57)73(47)91)79(67)97-81(63)77(65)95)72-64-26-28-70(90(22,23)24)66-44-54-40-60(86(10,11)12)36-50(76(54)94)30-48-34-58(84(4,5)6)38-52(74(48)92)32-56-42-62(88(16,17)18)46-68(72)80(56)98-82(64)78(66)96/h25-28,33-42,45-46,71-72,91-94H,29-32,43-44H2,1-24H3/t71-,72-/m0/s1. The maximum absolute atomic E-state index is 17.1. The van der Waals surface area contributed by atoms with Crippen LogP contribution in [0.5, 0.6) is 46.0 Å². The van der Waals surface area contributed by atoms with E-state index in [2.05, 4.69) is 263 Å². The van der Waals surface area contributed by atoms with Crippen molar-refractivity contribution in [2.24, 2.45) is 0 Å². The molecular formula is C90H106O8. The van der Waals surface area contributed by atoms with Crippen molar-refractivity contribution < 1.29 is 29.9 Å². The van der Waals surface area contributed by atoms with Gasteiger partial charge < -0.3 is 29.9 Å². The van der Waals surface area contributed by atoms with Crippen LogP contribution in [0.1, 0.15) is 312 Å². The first kappa shape index (κ1) is 69.8. The smallest absolute Gasteiger partial charge is 0.225 e. The molecule has 0 aromatic heterocycles. The van der Waals surface area contributed by atoms with E-state index in [9.17, 15) is 20.4 Å². The number of ether oxygens (including phenoxy) is 2. The van der Waals surface area contributed by atoms with Crippen LogP contribution in [-0.2, 0) is 81.8 Å². The fourth-order valence-electron chi connectivity index (χ4n) is 15.5. The van der Waals surface area contributed by atoms with Crippen LogP contribution in [0.25, 0.3) is 0 Å². The van der Waals surface area contributed by atoms with Crippen LogP contribution >= 0.6 is 0 Å². The molecule has 0 saturated carbocycles. The second kappa shape index (κ2) is 23.2. The Balaban J connectivity index is 1.30. The van der Waals surface area contributed by atoms with E-state index >= 15 is 9.59 Å². The number of hydrogen-bond donors (Lipinski definition) is 4. The van der Waals surface area contributed by atoms with E-state index in [0.717, 1.165) is 66.8 Å². The number of rotatable bonds is 1. The number of phenolic OH excluding ortho intramolecular Hbond substituents is 4. The van der Waals surface area contributed by atoms with Gasteiger partial charge in [0.05, 0.1) is 0 Å². The molecule has 0 aliphatic carbocycles. The third kappa shape index (κ3) is 12.6. The Kier molecular flexibility index (Phi) is 16.6. The summed E-state index contributed by atoms with van der Waals surface area (Å²) in [4.78, 5) is 34.1. The highest BCUT2D eigenvalue weighted by atomic mass is 16.5. The number of phenols is 4. The van der Waals surface area contributed by atoms with Crippen LogP contribution in [0.2, 0.25) is 0 Å². The molecule has 14 bridgehead atoms. The van der Waals surface area contributed by atoms with Gasteiger partial charge in [0.1, 0.15) is 34.5 Å². The molecule has 0 saturated heterocycles. The molecule has 8 aromatic rings. The maximum Gasteiger partial charge on any atom is 0.225 e. The van der Waals surface area contributed by atoms with E-state index in [0.29, 0.717) is 78.3 Å². The summed E-state index contributed by atoms with van der Waals surface area (Å²) in [7, 11) is 0. The second-order valence-corrected chi connectivity index (χ2v) is 37.6. The van der Waals surface area contributed by atoms with Gasteiger partial charge in [-0.2, -0.15) is 0 Å². The SMILES string of the molecule is CC(C)(C)c1cc2c(O)c(c1)Cc1cc(C(C)(C)C)cc3c1Oc1c(ccc(C(C)(C)C)c(c1=O)Cc1cc(C(C)(C)C)cc(c1O)C2)[C@@H]3[C@@H]1c2cc(C(C)(C)C)cc3c2Oc2c1ccc(C(C)(C)C)c(c2=O)Cc1cc(C(C)(C)C)cc(c1O)Cc1cc(C(C)(C)C)cc(c1O)C3. The van der Waals surface area contributed by atoms with E-state index in [-0.39, 0.29) is 106 Å². The number of aromatic hydroxyl groups is 4.